The van der Waals surface area contributed by atoms with Crippen LogP contribution >= 0.6 is 0 Å². The number of hydrogen-bond acceptors (Lipinski definition) is 0. The Morgan fingerprint density at radius 2 is 2.08 bits per heavy atom. The number of rotatable bonds is 0. The Labute approximate surface area is 78.8 Å². The van der Waals surface area contributed by atoms with E-state index >= 15 is 0 Å². The van der Waals surface area contributed by atoms with E-state index in [2.05, 4.69) is 13.8 Å². The fraction of sp³-hybridized carbons (Fsp3) is 0.500. The lowest BCUT2D eigenvalue weighted by Gasteiger charge is -2.32. The number of halogens is 1. The fourth-order valence-corrected chi connectivity index (χ4v) is 2.25. The molecule has 0 heterocycles. The van der Waals surface area contributed by atoms with E-state index in [0.29, 0.717) is 0 Å². The van der Waals surface area contributed by atoms with Crippen LogP contribution in [0.25, 0.3) is 0 Å². The van der Waals surface area contributed by atoms with Gasteiger partial charge in [0.05, 0.1) is 0 Å². The Bertz CT molecular complexity index is 326. The predicted octanol–water partition coefficient (Wildman–Crippen LogP) is 3.44. The van der Waals surface area contributed by atoms with Gasteiger partial charge in [-0.15, -0.1) is 0 Å². The van der Waals surface area contributed by atoms with E-state index in [0.717, 1.165) is 6.42 Å². The van der Waals surface area contributed by atoms with Gasteiger partial charge in [0.25, 0.3) is 0 Å². The lowest BCUT2D eigenvalue weighted by atomic mass is 9.73. The molecule has 1 aromatic rings. The molecule has 70 valence electrons. The van der Waals surface area contributed by atoms with E-state index in [1.165, 1.54) is 24.0 Å². The molecule has 0 aromatic heterocycles. The topological polar surface area (TPSA) is 0 Å². The second kappa shape index (κ2) is 2.83. The van der Waals surface area contributed by atoms with E-state index in [4.69, 9.17) is 0 Å². The highest BCUT2D eigenvalue weighted by atomic mass is 19.1. The summed E-state index contributed by atoms with van der Waals surface area (Å²) < 4.78 is 13.0. The van der Waals surface area contributed by atoms with Crippen LogP contribution in [-0.2, 0) is 11.8 Å². The van der Waals surface area contributed by atoms with Crippen LogP contribution in [0.1, 0.15) is 37.8 Å². The van der Waals surface area contributed by atoms with Crippen LogP contribution in [0.2, 0.25) is 0 Å². The molecule has 0 spiro atoms. The smallest absolute Gasteiger partial charge is 0.123 e. The van der Waals surface area contributed by atoms with Gasteiger partial charge in [-0.1, -0.05) is 19.9 Å². The molecule has 0 amide bonds. The molecular formula is C12H15F. The van der Waals surface area contributed by atoms with Crippen LogP contribution in [0, 0.1) is 5.82 Å². The molecule has 1 heteroatoms. The lowest BCUT2D eigenvalue weighted by molar-refractivity contribution is 0.428. The SMILES string of the molecule is CC1(C)CCCc2ccc(F)cc21. The first-order valence-electron chi connectivity index (χ1n) is 4.88. The third kappa shape index (κ3) is 1.48. The molecule has 0 unspecified atom stereocenters. The quantitative estimate of drug-likeness (QED) is 0.571. The van der Waals surface area contributed by atoms with Gasteiger partial charge in [0.2, 0.25) is 0 Å². The Hall–Kier alpha value is -0.850. The first-order valence-corrected chi connectivity index (χ1v) is 4.88. The number of benzene rings is 1. The molecule has 0 N–H and O–H groups in total. The molecular weight excluding hydrogens is 163 g/mol. The monoisotopic (exact) mass is 178 g/mol. The van der Waals surface area contributed by atoms with Crippen LogP contribution in [0.15, 0.2) is 18.2 Å². The maximum atomic E-state index is 13.0. The Kier molecular flexibility index (Phi) is 1.90. The van der Waals surface area contributed by atoms with Gasteiger partial charge in [-0.25, -0.2) is 4.39 Å². The summed E-state index contributed by atoms with van der Waals surface area (Å²) >= 11 is 0. The zero-order valence-electron chi connectivity index (χ0n) is 8.23. The molecule has 0 nitrogen and oxygen atoms in total. The average Bonchev–Trinajstić information content (AvgIpc) is 2.06. The third-order valence-electron chi connectivity index (χ3n) is 3.05. The number of aryl methyl sites for hydroxylation is 1. The standard InChI is InChI=1S/C12H15F/c1-12(2)7-3-4-9-5-6-10(13)8-11(9)12/h5-6,8H,3-4,7H2,1-2H3. The minimum absolute atomic E-state index is 0.103. The summed E-state index contributed by atoms with van der Waals surface area (Å²) in [4.78, 5) is 0. The van der Waals surface area contributed by atoms with Crippen LogP contribution in [0.3, 0.4) is 0 Å². The van der Waals surface area contributed by atoms with E-state index in [1.54, 1.807) is 12.1 Å². The van der Waals surface area contributed by atoms with Gasteiger partial charge in [0.1, 0.15) is 5.82 Å². The predicted molar refractivity (Wildman–Crippen MR) is 52.4 cm³/mol. The highest BCUT2D eigenvalue weighted by Gasteiger charge is 2.27. The summed E-state index contributed by atoms with van der Waals surface area (Å²) in [6.07, 6.45) is 3.51. The summed E-state index contributed by atoms with van der Waals surface area (Å²) in [6, 6.07) is 5.21. The fourth-order valence-electron chi connectivity index (χ4n) is 2.25. The minimum atomic E-state index is -0.103. The minimum Gasteiger partial charge on any atom is -0.207 e. The van der Waals surface area contributed by atoms with Crippen LogP contribution < -0.4 is 0 Å². The van der Waals surface area contributed by atoms with Gasteiger partial charge in [0.15, 0.2) is 0 Å². The van der Waals surface area contributed by atoms with Crippen LogP contribution in [0.5, 0.6) is 0 Å². The Morgan fingerprint density at radius 1 is 1.31 bits per heavy atom. The lowest BCUT2D eigenvalue weighted by Crippen LogP contribution is -2.23. The van der Waals surface area contributed by atoms with E-state index in [1.807, 2.05) is 6.07 Å². The van der Waals surface area contributed by atoms with Crippen LogP contribution in [-0.4, -0.2) is 0 Å². The van der Waals surface area contributed by atoms with Gasteiger partial charge in [-0.3, -0.25) is 0 Å². The zero-order chi connectivity index (χ0) is 9.47. The molecule has 1 aliphatic carbocycles. The third-order valence-corrected chi connectivity index (χ3v) is 3.05. The van der Waals surface area contributed by atoms with Crippen LogP contribution in [0.4, 0.5) is 4.39 Å². The van der Waals surface area contributed by atoms with Crippen molar-refractivity contribution in [2.75, 3.05) is 0 Å². The summed E-state index contributed by atoms with van der Waals surface area (Å²) in [5.41, 5.74) is 2.70. The second-order valence-corrected chi connectivity index (χ2v) is 4.54. The largest absolute Gasteiger partial charge is 0.207 e. The number of hydrogen-bond donors (Lipinski definition) is 0. The van der Waals surface area contributed by atoms with Crippen molar-refractivity contribution in [1.82, 2.24) is 0 Å². The molecule has 0 aliphatic heterocycles. The highest BCUT2D eigenvalue weighted by molar-refractivity contribution is 5.35. The molecule has 0 bridgehead atoms. The van der Waals surface area contributed by atoms with Crippen molar-refractivity contribution in [3.05, 3.63) is 35.1 Å². The molecule has 2 rings (SSSR count). The van der Waals surface area contributed by atoms with Crippen molar-refractivity contribution in [3.8, 4) is 0 Å². The molecule has 0 saturated heterocycles. The Morgan fingerprint density at radius 3 is 2.85 bits per heavy atom. The van der Waals surface area contributed by atoms with E-state index < -0.39 is 0 Å². The summed E-state index contributed by atoms with van der Waals surface area (Å²) in [7, 11) is 0. The molecule has 1 aromatic carbocycles. The van der Waals surface area contributed by atoms with Crippen molar-refractivity contribution in [2.24, 2.45) is 0 Å². The van der Waals surface area contributed by atoms with Crippen molar-refractivity contribution in [3.63, 3.8) is 0 Å². The maximum Gasteiger partial charge on any atom is 0.123 e. The second-order valence-electron chi connectivity index (χ2n) is 4.54. The molecule has 0 radical (unpaired) electrons. The maximum absolute atomic E-state index is 13.0. The van der Waals surface area contributed by atoms with Gasteiger partial charge < -0.3 is 0 Å². The number of fused-ring (bicyclic) bond motifs is 1. The van der Waals surface area contributed by atoms with Crippen molar-refractivity contribution in [2.45, 2.75) is 38.5 Å². The summed E-state index contributed by atoms with van der Waals surface area (Å²) in [5, 5.41) is 0. The molecule has 0 saturated carbocycles. The van der Waals surface area contributed by atoms with Gasteiger partial charge in [-0.05, 0) is 47.9 Å². The van der Waals surface area contributed by atoms with E-state index in [9.17, 15) is 4.39 Å². The molecule has 1 aliphatic rings. The van der Waals surface area contributed by atoms with Gasteiger partial charge in [0, 0.05) is 0 Å². The molecule has 13 heavy (non-hydrogen) atoms. The summed E-state index contributed by atoms with van der Waals surface area (Å²) in [5.74, 6) is -0.103. The van der Waals surface area contributed by atoms with Crippen molar-refractivity contribution >= 4 is 0 Å². The van der Waals surface area contributed by atoms with Crippen molar-refractivity contribution < 1.29 is 4.39 Å². The highest BCUT2D eigenvalue weighted by Crippen LogP contribution is 2.36. The van der Waals surface area contributed by atoms with Crippen molar-refractivity contribution in [1.29, 1.82) is 0 Å². The molecule has 0 fully saturated rings. The average molecular weight is 178 g/mol. The van der Waals surface area contributed by atoms with E-state index in [-0.39, 0.29) is 11.2 Å². The first kappa shape index (κ1) is 8.74. The zero-order valence-corrected chi connectivity index (χ0v) is 8.23. The molecule has 0 atom stereocenters. The summed E-state index contributed by atoms with van der Waals surface area (Å²) in [6.45, 7) is 4.40. The Balaban J connectivity index is 2.55. The van der Waals surface area contributed by atoms with Gasteiger partial charge in [-0.2, -0.15) is 0 Å². The van der Waals surface area contributed by atoms with Gasteiger partial charge >= 0.3 is 0 Å². The normalized spacial score (nSPS) is 19.6. The first-order chi connectivity index (χ1) is 6.09.